The van der Waals surface area contributed by atoms with Crippen LogP contribution in [0, 0.1) is 29.6 Å². The number of rotatable bonds is 4. The molecule has 0 radical (unpaired) electrons. The van der Waals surface area contributed by atoms with Crippen molar-refractivity contribution < 1.29 is 0 Å². The smallest absolute Gasteiger partial charge is 0.101 e. The molecule has 0 fully saturated rings. The van der Waals surface area contributed by atoms with Gasteiger partial charge < -0.3 is 0 Å². The van der Waals surface area contributed by atoms with Gasteiger partial charge in [-0.05, 0) is 41.2 Å². The Morgan fingerprint density at radius 1 is 0.742 bits per heavy atom. The minimum Gasteiger partial charge on any atom is -0.192 e. The molecule has 1 aliphatic rings. The predicted molar refractivity (Wildman–Crippen MR) is 132 cm³/mol. The number of benzene rings is 3. The maximum Gasteiger partial charge on any atom is 0.101 e. The zero-order chi connectivity index (χ0) is 21.8. The van der Waals surface area contributed by atoms with Crippen molar-refractivity contribution in [1.82, 2.24) is 0 Å². The van der Waals surface area contributed by atoms with Crippen LogP contribution in [0.5, 0.6) is 0 Å². The van der Waals surface area contributed by atoms with Gasteiger partial charge in [0.2, 0.25) is 0 Å². The van der Waals surface area contributed by atoms with E-state index in [2.05, 4.69) is 74.5 Å². The van der Waals surface area contributed by atoms with Crippen LogP contribution in [0.1, 0.15) is 24.5 Å². The van der Waals surface area contributed by atoms with Gasteiger partial charge in [0.15, 0.2) is 0 Å². The number of allylic oxidation sites excluding steroid dienone is 4. The van der Waals surface area contributed by atoms with E-state index in [4.69, 9.17) is 0 Å². The van der Waals surface area contributed by atoms with Crippen molar-refractivity contribution in [3.8, 4) is 12.1 Å². The van der Waals surface area contributed by atoms with Gasteiger partial charge >= 0.3 is 0 Å². The van der Waals surface area contributed by atoms with E-state index >= 15 is 0 Å². The summed E-state index contributed by atoms with van der Waals surface area (Å²) < 4.78 is 0. The molecule has 1 aliphatic heterocycles. The van der Waals surface area contributed by atoms with Gasteiger partial charge in [0, 0.05) is 12.5 Å². The van der Waals surface area contributed by atoms with Crippen LogP contribution < -0.4 is 10.6 Å². The fourth-order valence-electron chi connectivity index (χ4n) is 4.32. The molecule has 0 bridgehead atoms. The Labute approximate surface area is 184 Å². The molecule has 0 saturated carbocycles. The number of nitriles is 2. The average molecular weight is 418 g/mol. The van der Waals surface area contributed by atoms with E-state index in [1.165, 1.54) is 5.56 Å². The van der Waals surface area contributed by atoms with Gasteiger partial charge in [-0.2, -0.15) is 10.5 Å². The van der Waals surface area contributed by atoms with Crippen LogP contribution in [-0.2, 0) is 0 Å². The van der Waals surface area contributed by atoms with E-state index in [1.54, 1.807) is 0 Å². The van der Waals surface area contributed by atoms with Gasteiger partial charge in [0.25, 0.3) is 0 Å². The summed E-state index contributed by atoms with van der Waals surface area (Å²) in [7, 11) is 0. The zero-order valence-electron chi connectivity index (χ0n) is 17.7. The van der Waals surface area contributed by atoms with Crippen LogP contribution in [-0.4, -0.2) is 5.29 Å². The van der Waals surface area contributed by atoms with Crippen molar-refractivity contribution in [3.05, 3.63) is 113 Å². The fourth-order valence-corrected chi connectivity index (χ4v) is 8.43. The quantitative estimate of drug-likeness (QED) is 0.492. The molecule has 2 nitrogen and oxygen atoms in total. The van der Waals surface area contributed by atoms with Crippen LogP contribution in [0.25, 0.3) is 5.57 Å². The van der Waals surface area contributed by atoms with Crippen molar-refractivity contribution in [2.45, 2.75) is 20.3 Å². The van der Waals surface area contributed by atoms with E-state index in [0.717, 1.165) is 33.7 Å². The fraction of sp³-hybridized carbons (Fsp3) is 0.107. The monoisotopic (exact) mass is 418 g/mol. The second kappa shape index (κ2) is 8.65. The molecule has 150 valence electrons. The first-order valence-corrected chi connectivity index (χ1v) is 12.2. The molecule has 0 N–H and O–H groups in total. The van der Waals surface area contributed by atoms with Crippen molar-refractivity contribution in [1.29, 1.82) is 10.5 Å². The second-order valence-corrected chi connectivity index (χ2v) is 10.9. The highest BCUT2D eigenvalue weighted by Crippen LogP contribution is 2.60. The van der Waals surface area contributed by atoms with Gasteiger partial charge in [-0.3, -0.25) is 0 Å². The molecular weight excluding hydrogens is 395 g/mol. The van der Waals surface area contributed by atoms with Crippen molar-refractivity contribution in [3.63, 3.8) is 0 Å². The van der Waals surface area contributed by atoms with Crippen molar-refractivity contribution >= 4 is 28.4 Å². The third-order valence-electron chi connectivity index (χ3n) is 5.79. The lowest BCUT2D eigenvalue weighted by Crippen LogP contribution is -2.25. The first kappa shape index (κ1) is 20.7. The topological polar surface area (TPSA) is 47.6 Å². The summed E-state index contributed by atoms with van der Waals surface area (Å²) in [6.07, 6.45) is 2.80. The normalized spacial score (nSPS) is 15.1. The summed E-state index contributed by atoms with van der Waals surface area (Å²) in [6.45, 7) is 1.55. The summed E-state index contributed by atoms with van der Waals surface area (Å²) in [6, 6.07) is 33.6. The molecule has 31 heavy (non-hydrogen) atoms. The van der Waals surface area contributed by atoms with E-state index in [-0.39, 0.29) is 0 Å². The Morgan fingerprint density at radius 2 is 1.29 bits per heavy atom. The lowest BCUT2D eigenvalue weighted by molar-refractivity contribution is 1.16. The first-order chi connectivity index (χ1) is 15.2. The number of aryl methyl sites for hydroxylation is 1. The van der Waals surface area contributed by atoms with Crippen LogP contribution in [0.2, 0.25) is 0 Å². The highest BCUT2D eigenvalue weighted by Gasteiger charge is 2.37. The van der Waals surface area contributed by atoms with Gasteiger partial charge in [-0.1, -0.05) is 97.4 Å². The van der Waals surface area contributed by atoms with Crippen LogP contribution in [0.15, 0.2) is 102 Å². The second-order valence-electron chi connectivity index (χ2n) is 7.56. The van der Waals surface area contributed by atoms with Crippen molar-refractivity contribution in [2.75, 3.05) is 0 Å². The Kier molecular flexibility index (Phi) is 5.77. The average Bonchev–Trinajstić information content (AvgIpc) is 2.84. The highest BCUT2D eigenvalue weighted by atomic mass is 31.2. The number of nitrogens with zero attached hydrogens (tertiary/aromatic N) is 2. The SMILES string of the molecule is CCC1=CC(C#N)=P(c2ccccc2)(c2ccccc2)C(C#N)=C1c1ccc(C)cc1. The van der Waals surface area contributed by atoms with Gasteiger partial charge in [0.05, 0.1) is 10.6 Å². The van der Waals surface area contributed by atoms with E-state index in [0.29, 0.717) is 10.6 Å². The summed E-state index contributed by atoms with van der Waals surface area (Å²) in [5.74, 6) is 0. The maximum atomic E-state index is 10.6. The van der Waals surface area contributed by atoms with E-state index < -0.39 is 6.89 Å². The molecule has 0 aliphatic carbocycles. The molecule has 0 saturated heterocycles. The Morgan fingerprint density at radius 3 is 1.74 bits per heavy atom. The lowest BCUT2D eigenvalue weighted by Gasteiger charge is -2.34. The highest BCUT2D eigenvalue weighted by molar-refractivity contribution is 7.94. The Hall–Kier alpha value is -3.58. The van der Waals surface area contributed by atoms with Crippen LogP contribution >= 0.6 is 6.89 Å². The third-order valence-corrected chi connectivity index (χ3v) is 9.89. The first-order valence-electron chi connectivity index (χ1n) is 10.4. The number of hydrogen-bond donors (Lipinski definition) is 0. The molecule has 3 aromatic rings. The number of hydrogen-bond acceptors (Lipinski definition) is 2. The Balaban J connectivity index is 2.25. The molecule has 0 unspecified atom stereocenters. The molecule has 3 aromatic carbocycles. The minimum atomic E-state index is -2.60. The molecule has 0 aromatic heterocycles. The standard InChI is InChI=1S/C28H23N2P/c1-3-22-18-26(19-29)31(24-10-6-4-7-11-24,25-12-8-5-9-13-25)27(20-30)28(22)23-16-14-21(2)15-17-23/h4-18H,3H2,1-2H3. The predicted octanol–water partition coefficient (Wildman–Crippen LogP) is 5.94. The molecule has 3 heteroatoms. The minimum absolute atomic E-state index is 0.689. The Bertz CT molecular complexity index is 1270. The summed E-state index contributed by atoms with van der Waals surface area (Å²) in [4.78, 5) is 0. The van der Waals surface area contributed by atoms with Crippen molar-refractivity contribution in [2.24, 2.45) is 0 Å². The molecule has 4 rings (SSSR count). The van der Waals surface area contributed by atoms with Gasteiger partial charge in [-0.25, -0.2) is 0 Å². The largest absolute Gasteiger partial charge is 0.192 e. The van der Waals surface area contributed by atoms with E-state index in [1.807, 2.05) is 42.5 Å². The third kappa shape index (κ3) is 3.37. The van der Waals surface area contributed by atoms with Gasteiger partial charge in [0.1, 0.15) is 12.1 Å². The molecule has 0 atom stereocenters. The maximum absolute atomic E-state index is 10.6. The summed E-state index contributed by atoms with van der Waals surface area (Å²) in [5.41, 5.74) is 4.23. The van der Waals surface area contributed by atoms with Gasteiger partial charge in [-0.15, -0.1) is 0 Å². The molecule has 0 spiro atoms. The lowest BCUT2D eigenvalue weighted by atomic mass is 9.94. The zero-order valence-corrected chi connectivity index (χ0v) is 18.6. The molecule has 0 amide bonds. The molecular formula is C28H23N2P. The van der Waals surface area contributed by atoms with Crippen LogP contribution in [0.3, 0.4) is 0 Å². The summed E-state index contributed by atoms with van der Waals surface area (Å²) in [5, 5.41) is 24.4. The summed E-state index contributed by atoms with van der Waals surface area (Å²) >= 11 is 0. The molecule has 1 heterocycles. The van der Waals surface area contributed by atoms with Crippen LogP contribution in [0.4, 0.5) is 0 Å². The van der Waals surface area contributed by atoms with E-state index in [9.17, 15) is 10.5 Å².